The van der Waals surface area contributed by atoms with Crippen molar-refractivity contribution in [2.45, 2.75) is 0 Å². The van der Waals surface area contributed by atoms with E-state index in [-0.39, 0.29) is 22.6 Å². The van der Waals surface area contributed by atoms with E-state index in [0.717, 1.165) is 14.2 Å². The van der Waals surface area contributed by atoms with Crippen LogP contribution in [0.25, 0.3) is 0 Å². The van der Waals surface area contributed by atoms with Crippen molar-refractivity contribution in [2.75, 3.05) is 28.4 Å². The Morgan fingerprint density at radius 2 is 1.04 bits per heavy atom. The molecule has 0 amide bonds. The molecule has 0 aromatic heterocycles. The molecule has 2 aromatic carbocycles. The molecule has 0 fully saturated rings. The molecule has 0 bridgehead atoms. The summed E-state index contributed by atoms with van der Waals surface area (Å²) in [5, 5.41) is 0. The van der Waals surface area contributed by atoms with Crippen LogP contribution in [0.1, 0.15) is 15.9 Å². The van der Waals surface area contributed by atoms with E-state index in [2.05, 4.69) is 9.47 Å². The monoisotopic (exact) mass is 390 g/mol. The minimum atomic E-state index is -1.01. The van der Waals surface area contributed by atoms with E-state index in [9.17, 15) is 14.4 Å². The van der Waals surface area contributed by atoms with E-state index >= 15 is 0 Å². The maximum absolute atomic E-state index is 13.1. The largest absolute Gasteiger partial charge is 0.513 e. The summed E-state index contributed by atoms with van der Waals surface area (Å²) < 4.78 is 29.2. The van der Waals surface area contributed by atoms with Crippen molar-refractivity contribution in [1.29, 1.82) is 0 Å². The van der Waals surface area contributed by atoms with E-state index in [1.165, 1.54) is 50.6 Å². The lowest BCUT2D eigenvalue weighted by Crippen LogP contribution is -2.14. The first kappa shape index (κ1) is 20.6. The number of ketones is 1. The summed E-state index contributed by atoms with van der Waals surface area (Å²) in [5.41, 5.74) is 0.0390. The Morgan fingerprint density at radius 3 is 1.36 bits per heavy atom. The van der Waals surface area contributed by atoms with Crippen molar-refractivity contribution in [3.8, 4) is 23.0 Å². The molecule has 0 heterocycles. The summed E-state index contributed by atoms with van der Waals surface area (Å²) in [4.78, 5) is 36.1. The minimum absolute atomic E-state index is 0.0195. The first-order chi connectivity index (χ1) is 13.4. The highest BCUT2D eigenvalue weighted by Gasteiger charge is 2.23. The molecule has 0 spiro atoms. The van der Waals surface area contributed by atoms with Crippen LogP contribution in [0.4, 0.5) is 9.59 Å². The Kier molecular flexibility index (Phi) is 6.80. The molecule has 0 unspecified atom stereocenters. The summed E-state index contributed by atoms with van der Waals surface area (Å²) in [6.45, 7) is 0. The Morgan fingerprint density at radius 1 is 0.643 bits per heavy atom. The Labute approximate surface area is 160 Å². The maximum atomic E-state index is 13.1. The standard InChI is InChI=1S/C19H18O9/c1-23-11-5-7-13(15(9-11)27-18(21)25-3)17(20)14-8-6-12(24-2)10-16(14)28-19(22)26-4/h5-10H,1-4H3. The summed E-state index contributed by atoms with van der Waals surface area (Å²) in [5.74, 6) is -0.0392. The van der Waals surface area contributed by atoms with E-state index in [4.69, 9.17) is 18.9 Å². The van der Waals surface area contributed by atoms with Crippen LogP contribution in [-0.2, 0) is 9.47 Å². The molecule has 2 aromatic rings. The first-order valence-electron chi connectivity index (χ1n) is 7.85. The number of hydrogen-bond acceptors (Lipinski definition) is 9. The van der Waals surface area contributed by atoms with Crippen molar-refractivity contribution in [3.63, 3.8) is 0 Å². The van der Waals surface area contributed by atoms with E-state index in [1.807, 2.05) is 0 Å². The number of ether oxygens (including phenoxy) is 6. The maximum Gasteiger partial charge on any atom is 0.513 e. The van der Waals surface area contributed by atoms with Crippen LogP contribution in [0.5, 0.6) is 23.0 Å². The zero-order valence-corrected chi connectivity index (χ0v) is 15.6. The zero-order chi connectivity index (χ0) is 20.7. The Hall–Kier alpha value is -3.75. The van der Waals surface area contributed by atoms with Crippen molar-refractivity contribution < 1.29 is 42.8 Å². The number of hydrogen-bond donors (Lipinski definition) is 0. The average molecular weight is 390 g/mol. The quantitative estimate of drug-likeness (QED) is 0.417. The van der Waals surface area contributed by atoms with Gasteiger partial charge >= 0.3 is 12.3 Å². The fourth-order valence-electron chi connectivity index (χ4n) is 2.21. The summed E-state index contributed by atoms with van der Waals surface area (Å²) in [7, 11) is 5.11. The fraction of sp³-hybridized carbons (Fsp3) is 0.211. The predicted molar refractivity (Wildman–Crippen MR) is 95.5 cm³/mol. The van der Waals surface area contributed by atoms with Gasteiger partial charge < -0.3 is 28.4 Å². The van der Waals surface area contributed by atoms with Gasteiger partial charge in [0.05, 0.1) is 39.6 Å². The van der Waals surface area contributed by atoms with Gasteiger partial charge in [0.2, 0.25) is 5.78 Å². The molecule has 0 radical (unpaired) electrons. The van der Waals surface area contributed by atoms with Crippen LogP contribution < -0.4 is 18.9 Å². The number of rotatable bonds is 6. The molecule has 0 aliphatic heterocycles. The molecule has 9 heteroatoms. The van der Waals surface area contributed by atoms with Gasteiger partial charge in [-0.25, -0.2) is 9.59 Å². The highest BCUT2D eigenvalue weighted by atomic mass is 16.7. The third kappa shape index (κ3) is 4.70. The zero-order valence-electron chi connectivity index (χ0n) is 15.6. The van der Waals surface area contributed by atoms with Gasteiger partial charge in [-0.3, -0.25) is 4.79 Å². The molecule has 0 N–H and O–H groups in total. The Bertz CT molecular complexity index is 817. The van der Waals surface area contributed by atoms with Crippen LogP contribution in [0.15, 0.2) is 36.4 Å². The number of methoxy groups -OCH3 is 4. The molecular formula is C19H18O9. The average Bonchev–Trinajstić information content (AvgIpc) is 2.72. The lowest BCUT2D eigenvalue weighted by Gasteiger charge is -2.13. The SMILES string of the molecule is COC(=O)Oc1cc(OC)ccc1C(=O)c1ccc(OC)cc1OC(=O)OC. The predicted octanol–water partition coefficient (Wildman–Crippen LogP) is 3.23. The van der Waals surface area contributed by atoms with Gasteiger partial charge in [-0.1, -0.05) is 0 Å². The molecule has 0 aliphatic rings. The van der Waals surface area contributed by atoms with Crippen molar-refractivity contribution in [3.05, 3.63) is 47.5 Å². The fourth-order valence-corrected chi connectivity index (χ4v) is 2.21. The highest BCUT2D eigenvalue weighted by Crippen LogP contribution is 2.32. The first-order valence-corrected chi connectivity index (χ1v) is 7.85. The number of carbonyl (C=O) groups is 3. The molecule has 0 saturated heterocycles. The molecule has 2 rings (SSSR count). The van der Waals surface area contributed by atoms with Gasteiger partial charge in [-0.2, -0.15) is 0 Å². The molecule has 9 nitrogen and oxygen atoms in total. The van der Waals surface area contributed by atoms with Gasteiger partial charge in [0, 0.05) is 12.1 Å². The van der Waals surface area contributed by atoms with Crippen molar-refractivity contribution >= 4 is 18.1 Å². The van der Waals surface area contributed by atoms with Gasteiger partial charge in [-0.15, -0.1) is 0 Å². The normalized spacial score (nSPS) is 9.86. The van der Waals surface area contributed by atoms with Crippen LogP contribution in [0.2, 0.25) is 0 Å². The van der Waals surface area contributed by atoms with E-state index < -0.39 is 18.1 Å². The number of carbonyl (C=O) groups excluding carboxylic acids is 3. The second-order valence-corrected chi connectivity index (χ2v) is 5.17. The lowest BCUT2D eigenvalue weighted by molar-refractivity contribution is 0.102. The minimum Gasteiger partial charge on any atom is -0.497 e. The smallest absolute Gasteiger partial charge is 0.497 e. The number of benzene rings is 2. The lowest BCUT2D eigenvalue weighted by atomic mass is 10.0. The van der Waals surface area contributed by atoms with E-state index in [0.29, 0.717) is 11.5 Å². The van der Waals surface area contributed by atoms with Crippen LogP contribution in [-0.4, -0.2) is 46.5 Å². The van der Waals surface area contributed by atoms with Gasteiger partial charge in [-0.05, 0) is 24.3 Å². The van der Waals surface area contributed by atoms with Crippen molar-refractivity contribution in [1.82, 2.24) is 0 Å². The van der Waals surface area contributed by atoms with Gasteiger partial charge in [0.1, 0.15) is 23.0 Å². The molecule has 0 aliphatic carbocycles. The third-order valence-electron chi connectivity index (χ3n) is 3.59. The second-order valence-electron chi connectivity index (χ2n) is 5.17. The Balaban J connectivity index is 2.53. The van der Waals surface area contributed by atoms with Crippen LogP contribution in [0.3, 0.4) is 0 Å². The van der Waals surface area contributed by atoms with Gasteiger partial charge in [0.15, 0.2) is 0 Å². The molecular weight excluding hydrogens is 372 g/mol. The third-order valence-corrected chi connectivity index (χ3v) is 3.59. The molecule has 148 valence electrons. The van der Waals surface area contributed by atoms with Crippen LogP contribution >= 0.6 is 0 Å². The summed E-state index contributed by atoms with van der Waals surface area (Å²) in [6.07, 6.45) is -2.02. The molecule has 0 saturated carbocycles. The van der Waals surface area contributed by atoms with E-state index in [1.54, 1.807) is 0 Å². The topological polar surface area (TPSA) is 107 Å². The summed E-state index contributed by atoms with van der Waals surface area (Å²) >= 11 is 0. The molecule has 0 atom stereocenters. The van der Waals surface area contributed by atoms with Crippen molar-refractivity contribution in [2.24, 2.45) is 0 Å². The highest BCUT2D eigenvalue weighted by molar-refractivity contribution is 6.13. The van der Waals surface area contributed by atoms with Crippen LogP contribution in [0, 0.1) is 0 Å². The van der Waals surface area contributed by atoms with Gasteiger partial charge in [0.25, 0.3) is 0 Å². The summed E-state index contributed by atoms with van der Waals surface area (Å²) in [6, 6.07) is 8.56. The molecule has 28 heavy (non-hydrogen) atoms. The second kappa shape index (κ2) is 9.26.